The Hall–Kier alpha value is -1.05. The molecule has 80 valence electrons. The summed E-state index contributed by atoms with van der Waals surface area (Å²) in [6, 6.07) is 0. The molecule has 0 fully saturated rings. The Morgan fingerprint density at radius 1 is 1.14 bits per heavy atom. The second kappa shape index (κ2) is 10.0. The molecule has 0 heterocycles. The standard InChI is InChI=1S/C12H20O2/c1-2-3-4-5-6-7-8-9-10-11-12(13)14/h7-10H,2-6,11H2,1H3,(H,13,14)/p-1/b8-7+,10-9-. The monoisotopic (exact) mass is 195 g/mol. The maximum absolute atomic E-state index is 10.0. The van der Waals surface area contributed by atoms with Crippen molar-refractivity contribution in [3.05, 3.63) is 24.3 Å². The van der Waals surface area contributed by atoms with Crippen LogP contribution in [0.2, 0.25) is 0 Å². The zero-order valence-corrected chi connectivity index (χ0v) is 8.87. The molecule has 0 saturated heterocycles. The summed E-state index contributed by atoms with van der Waals surface area (Å²) in [5, 5.41) is 10.0. The molecule has 0 bridgehead atoms. The first-order valence-corrected chi connectivity index (χ1v) is 5.29. The Balaban J connectivity index is 3.26. The fraction of sp³-hybridized carbons (Fsp3) is 0.583. The van der Waals surface area contributed by atoms with E-state index in [1.807, 2.05) is 6.08 Å². The molecule has 0 aromatic rings. The van der Waals surface area contributed by atoms with Gasteiger partial charge >= 0.3 is 0 Å². The Morgan fingerprint density at radius 2 is 1.86 bits per heavy atom. The Morgan fingerprint density at radius 3 is 2.50 bits per heavy atom. The summed E-state index contributed by atoms with van der Waals surface area (Å²) in [6.45, 7) is 2.19. The van der Waals surface area contributed by atoms with Crippen LogP contribution in [0.3, 0.4) is 0 Å². The number of hydrogen-bond acceptors (Lipinski definition) is 2. The topological polar surface area (TPSA) is 40.1 Å². The van der Waals surface area contributed by atoms with Gasteiger partial charge in [0.05, 0.1) is 0 Å². The number of rotatable bonds is 8. The molecule has 0 aliphatic carbocycles. The molecule has 0 aliphatic rings. The van der Waals surface area contributed by atoms with Gasteiger partial charge in [-0.3, -0.25) is 0 Å². The predicted octanol–water partition coefficient (Wildman–Crippen LogP) is 2.21. The fourth-order valence-corrected chi connectivity index (χ4v) is 1.11. The van der Waals surface area contributed by atoms with E-state index >= 15 is 0 Å². The zero-order valence-electron chi connectivity index (χ0n) is 8.87. The van der Waals surface area contributed by atoms with Gasteiger partial charge in [0.15, 0.2) is 0 Å². The lowest BCUT2D eigenvalue weighted by Gasteiger charge is -1.93. The molecule has 0 N–H and O–H groups in total. The van der Waals surface area contributed by atoms with Gasteiger partial charge in [0.1, 0.15) is 0 Å². The number of unbranched alkanes of at least 4 members (excludes halogenated alkanes) is 4. The molecule has 0 aliphatic heterocycles. The third-order valence-electron chi connectivity index (χ3n) is 1.89. The summed E-state index contributed by atoms with van der Waals surface area (Å²) in [6.07, 6.45) is 13.5. The van der Waals surface area contributed by atoms with Crippen LogP contribution in [0.25, 0.3) is 0 Å². The van der Waals surface area contributed by atoms with Gasteiger partial charge in [0.25, 0.3) is 0 Å². The Labute approximate surface area is 86.3 Å². The van der Waals surface area contributed by atoms with E-state index < -0.39 is 5.97 Å². The van der Waals surface area contributed by atoms with E-state index in [2.05, 4.69) is 13.0 Å². The lowest BCUT2D eigenvalue weighted by Crippen LogP contribution is -2.20. The normalized spacial score (nSPS) is 11.5. The lowest BCUT2D eigenvalue weighted by atomic mass is 10.1. The summed E-state index contributed by atoms with van der Waals surface area (Å²) in [5.41, 5.74) is 0. The highest BCUT2D eigenvalue weighted by Crippen LogP contribution is 2.02. The molecular weight excluding hydrogens is 176 g/mol. The molecule has 0 saturated carbocycles. The highest BCUT2D eigenvalue weighted by molar-refractivity contribution is 5.66. The summed E-state index contributed by atoms with van der Waals surface area (Å²) < 4.78 is 0. The second-order valence-corrected chi connectivity index (χ2v) is 3.28. The van der Waals surface area contributed by atoms with E-state index in [1.165, 1.54) is 25.7 Å². The molecule has 0 spiro atoms. The molecule has 0 aromatic heterocycles. The van der Waals surface area contributed by atoms with Gasteiger partial charge < -0.3 is 9.90 Å². The van der Waals surface area contributed by atoms with Crippen LogP contribution < -0.4 is 5.11 Å². The molecular formula is C12H19O2-. The van der Waals surface area contributed by atoms with Crippen molar-refractivity contribution in [1.29, 1.82) is 0 Å². The van der Waals surface area contributed by atoms with Crippen molar-refractivity contribution in [2.75, 3.05) is 0 Å². The number of aliphatic carboxylic acids is 1. The van der Waals surface area contributed by atoms with Gasteiger partial charge in [-0.25, -0.2) is 0 Å². The van der Waals surface area contributed by atoms with Crippen molar-refractivity contribution in [2.24, 2.45) is 0 Å². The first-order valence-electron chi connectivity index (χ1n) is 5.29. The quantitative estimate of drug-likeness (QED) is 0.440. The highest BCUT2D eigenvalue weighted by atomic mass is 16.4. The minimum absolute atomic E-state index is 0.000173. The van der Waals surface area contributed by atoms with Gasteiger partial charge in [-0.15, -0.1) is 0 Å². The zero-order chi connectivity index (χ0) is 10.6. The van der Waals surface area contributed by atoms with Crippen LogP contribution in [0.15, 0.2) is 24.3 Å². The van der Waals surface area contributed by atoms with Gasteiger partial charge in [-0.1, -0.05) is 50.5 Å². The summed E-state index contributed by atoms with van der Waals surface area (Å²) in [4.78, 5) is 10.0. The third-order valence-corrected chi connectivity index (χ3v) is 1.89. The molecule has 0 atom stereocenters. The summed E-state index contributed by atoms with van der Waals surface area (Å²) in [7, 11) is 0. The van der Waals surface area contributed by atoms with Crippen LogP contribution in [0.5, 0.6) is 0 Å². The van der Waals surface area contributed by atoms with E-state index in [0.29, 0.717) is 0 Å². The van der Waals surface area contributed by atoms with Crippen molar-refractivity contribution >= 4 is 5.97 Å². The molecule has 0 unspecified atom stereocenters. The SMILES string of the molecule is CCCCCC/C=C/C=C\CC(=O)[O-]. The molecule has 0 aromatic carbocycles. The summed E-state index contributed by atoms with van der Waals surface area (Å²) in [5.74, 6) is -1.03. The summed E-state index contributed by atoms with van der Waals surface area (Å²) >= 11 is 0. The Kier molecular flexibility index (Phi) is 9.28. The first kappa shape index (κ1) is 12.9. The van der Waals surface area contributed by atoms with Crippen LogP contribution in [-0.4, -0.2) is 5.97 Å². The fourth-order valence-electron chi connectivity index (χ4n) is 1.11. The average molecular weight is 195 g/mol. The smallest absolute Gasteiger partial charge is 0.0452 e. The van der Waals surface area contributed by atoms with Crippen LogP contribution >= 0.6 is 0 Å². The third kappa shape index (κ3) is 11.0. The molecule has 0 radical (unpaired) electrons. The van der Waals surface area contributed by atoms with Crippen molar-refractivity contribution in [3.63, 3.8) is 0 Å². The second-order valence-electron chi connectivity index (χ2n) is 3.28. The predicted molar refractivity (Wildman–Crippen MR) is 56.7 cm³/mol. The van der Waals surface area contributed by atoms with E-state index in [0.717, 1.165) is 6.42 Å². The first-order chi connectivity index (χ1) is 6.77. The number of allylic oxidation sites excluding steroid dienone is 3. The molecule has 2 nitrogen and oxygen atoms in total. The maximum atomic E-state index is 10.0. The van der Waals surface area contributed by atoms with E-state index in [1.54, 1.807) is 12.2 Å². The number of carbonyl (C=O) groups excluding carboxylic acids is 1. The minimum atomic E-state index is -1.03. The van der Waals surface area contributed by atoms with Crippen molar-refractivity contribution in [2.45, 2.75) is 45.4 Å². The van der Waals surface area contributed by atoms with Crippen molar-refractivity contribution in [3.8, 4) is 0 Å². The van der Waals surface area contributed by atoms with Gasteiger partial charge in [0, 0.05) is 12.4 Å². The van der Waals surface area contributed by atoms with Crippen molar-refractivity contribution in [1.82, 2.24) is 0 Å². The molecule has 14 heavy (non-hydrogen) atoms. The van der Waals surface area contributed by atoms with E-state index in [4.69, 9.17) is 0 Å². The minimum Gasteiger partial charge on any atom is -0.550 e. The van der Waals surface area contributed by atoms with E-state index in [-0.39, 0.29) is 6.42 Å². The molecule has 0 rings (SSSR count). The van der Waals surface area contributed by atoms with Crippen LogP contribution in [0.4, 0.5) is 0 Å². The molecule has 0 amide bonds. The van der Waals surface area contributed by atoms with Crippen LogP contribution in [-0.2, 0) is 4.79 Å². The molecule has 2 heteroatoms. The Bertz CT molecular complexity index is 192. The van der Waals surface area contributed by atoms with Gasteiger partial charge in [-0.05, 0) is 12.8 Å². The van der Waals surface area contributed by atoms with Crippen LogP contribution in [0, 0.1) is 0 Å². The number of hydrogen-bond donors (Lipinski definition) is 0. The maximum Gasteiger partial charge on any atom is 0.0452 e. The van der Waals surface area contributed by atoms with Crippen LogP contribution in [0.1, 0.15) is 45.4 Å². The lowest BCUT2D eigenvalue weighted by molar-refractivity contribution is -0.304. The van der Waals surface area contributed by atoms with Gasteiger partial charge in [-0.2, -0.15) is 0 Å². The number of carbonyl (C=O) groups is 1. The largest absolute Gasteiger partial charge is 0.550 e. The number of carboxylic acid groups (broad SMARTS) is 1. The average Bonchev–Trinajstić information content (AvgIpc) is 2.15. The van der Waals surface area contributed by atoms with Gasteiger partial charge in [0.2, 0.25) is 0 Å². The van der Waals surface area contributed by atoms with Crippen molar-refractivity contribution < 1.29 is 9.90 Å². The number of carboxylic acids is 1. The van der Waals surface area contributed by atoms with E-state index in [9.17, 15) is 9.90 Å². The highest BCUT2D eigenvalue weighted by Gasteiger charge is 1.83.